The van der Waals surface area contributed by atoms with Crippen LogP contribution in [0.4, 0.5) is 5.69 Å². The Bertz CT molecular complexity index is 809. The summed E-state index contributed by atoms with van der Waals surface area (Å²) in [5.41, 5.74) is 2.04. The fourth-order valence-corrected chi connectivity index (χ4v) is 2.73. The van der Waals surface area contributed by atoms with Crippen LogP contribution in [0.2, 0.25) is 5.02 Å². The highest BCUT2D eigenvalue weighted by Gasteiger charge is 2.09. The van der Waals surface area contributed by atoms with Gasteiger partial charge in [0.15, 0.2) is 5.11 Å². The van der Waals surface area contributed by atoms with Gasteiger partial charge >= 0.3 is 5.97 Å². The molecule has 0 radical (unpaired) electrons. The van der Waals surface area contributed by atoms with Crippen LogP contribution in [0.1, 0.15) is 35.7 Å². The number of carbonyl (C=O) groups excluding carboxylic acids is 2. The van der Waals surface area contributed by atoms with Crippen molar-refractivity contribution in [2.24, 2.45) is 0 Å². The minimum Gasteiger partial charge on any atom is -0.462 e. The monoisotopic (exact) mass is 404 g/mol. The summed E-state index contributed by atoms with van der Waals surface area (Å²) in [6.45, 7) is 2.33. The number of carbonyl (C=O) groups is 2. The van der Waals surface area contributed by atoms with E-state index in [1.54, 1.807) is 30.3 Å². The lowest BCUT2D eigenvalue weighted by atomic mass is 10.1. The number of anilines is 1. The Morgan fingerprint density at radius 3 is 2.48 bits per heavy atom. The van der Waals surface area contributed by atoms with Crippen LogP contribution in [-0.4, -0.2) is 23.6 Å². The maximum absolute atomic E-state index is 12.0. The first-order valence-electron chi connectivity index (χ1n) is 8.61. The van der Waals surface area contributed by atoms with Gasteiger partial charge in [0, 0.05) is 17.1 Å². The molecule has 0 fully saturated rings. The molecule has 0 heterocycles. The van der Waals surface area contributed by atoms with Crippen molar-refractivity contribution in [3.05, 3.63) is 64.7 Å². The summed E-state index contributed by atoms with van der Waals surface area (Å²) in [4.78, 5) is 23.8. The van der Waals surface area contributed by atoms with Crippen molar-refractivity contribution < 1.29 is 14.3 Å². The maximum atomic E-state index is 12.0. The van der Waals surface area contributed by atoms with E-state index in [9.17, 15) is 9.59 Å². The second kappa shape index (κ2) is 10.6. The first-order chi connectivity index (χ1) is 13.0. The van der Waals surface area contributed by atoms with Crippen LogP contribution in [0.5, 0.6) is 0 Å². The number of halogens is 1. The molecule has 0 aliphatic carbocycles. The minimum absolute atomic E-state index is 0.195. The third kappa shape index (κ3) is 7.00. The van der Waals surface area contributed by atoms with Gasteiger partial charge in [0.1, 0.15) is 0 Å². The average Bonchev–Trinajstić information content (AvgIpc) is 2.66. The predicted octanol–water partition coefficient (Wildman–Crippen LogP) is 4.35. The first kappa shape index (κ1) is 20.9. The highest BCUT2D eigenvalue weighted by molar-refractivity contribution is 7.80. The molecule has 2 N–H and O–H groups in total. The number of rotatable bonds is 7. The number of hydrogen-bond donors (Lipinski definition) is 2. The molecule has 0 saturated heterocycles. The summed E-state index contributed by atoms with van der Waals surface area (Å²) in [5, 5.41) is 6.38. The van der Waals surface area contributed by atoms with Crippen molar-refractivity contribution in [3.63, 3.8) is 0 Å². The molecule has 0 bridgehead atoms. The molecule has 0 aliphatic heterocycles. The van der Waals surface area contributed by atoms with E-state index in [-0.39, 0.29) is 23.4 Å². The van der Waals surface area contributed by atoms with Gasteiger partial charge in [-0.25, -0.2) is 4.79 Å². The highest BCUT2D eigenvalue weighted by atomic mass is 35.5. The van der Waals surface area contributed by atoms with Crippen molar-refractivity contribution in [1.29, 1.82) is 0 Å². The summed E-state index contributed by atoms with van der Waals surface area (Å²) in [5.74, 6) is -0.564. The molecule has 2 aromatic carbocycles. The molecular formula is C20H21ClN2O3S. The lowest BCUT2D eigenvalue weighted by Crippen LogP contribution is -2.34. The molecule has 0 atom stereocenters. The Balaban J connectivity index is 1.80. The summed E-state index contributed by atoms with van der Waals surface area (Å²) in [7, 11) is 0. The Hall–Kier alpha value is -2.44. The second-order valence-corrected chi connectivity index (χ2v) is 6.62. The Kier molecular flexibility index (Phi) is 8.23. The number of benzene rings is 2. The summed E-state index contributed by atoms with van der Waals surface area (Å²) < 4.78 is 5.07. The Morgan fingerprint density at radius 1 is 1.11 bits per heavy atom. The molecule has 142 valence electrons. The van der Waals surface area contributed by atoms with Gasteiger partial charge in [0.2, 0.25) is 5.91 Å². The van der Waals surface area contributed by atoms with E-state index in [1.807, 2.05) is 25.1 Å². The van der Waals surface area contributed by atoms with Gasteiger partial charge in [0.05, 0.1) is 12.2 Å². The Labute approximate surface area is 169 Å². The summed E-state index contributed by atoms with van der Waals surface area (Å²) in [6.07, 6.45) is 1.58. The third-order valence-electron chi connectivity index (χ3n) is 3.65. The van der Waals surface area contributed by atoms with Crippen LogP contribution in [0.15, 0.2) is 48.5 Å². The molecule has 0 spiro atoms. The number of esters is 1. The van der Waals surface area contributed by atoms with E-state index < -0.39 is 0 Å². The van der Waals surface area contributed by atoms with Gasteiger partial charge in [-0.15, -0.1) is 0 Å². The SMILES string of the molecule is CCCOC(=O)c1ccc(NC(=S)NC(=O)CCc2ccccc2Cl)cc1. The number of thiocarbonyl (C=S) groups is 1. The van der Waals surface area contributed by atoms with Crippen molar-refractivity contribution >= 4 is 46.5 Å². The molecule has 0 aliphatic rings. The van der Waals surface area contributed by atoms with Crippen LogP contribution in [0, 0.1) is 0 Å². The van der Waals surface area contributed by atoms with E-state index >= 15 is 0 Å². The quantitative estimate of drug-likeness (QED) is 0.530. The van der Waals surface area contributed by atoms with Crippen LogP contribution >= 0.6 is 23.8 Å². The van der Waals surface area contributed by atoms with Crippen LogP contribution in [-0.2, 0) is 16.0 Å². The smallest absolute Gasteiger partial charge is 0.338 e. The maximum Gasteiger partial charge on any atom is 0.338 e. The Morgan fingerprint density at radius 2 is 1.81 bits per heavy atom. The van der Waals surface area contributed by atoms with Crippen LogP contribution in [0.25, 0.3) is 0 Å². The number of nitrogens with one attached hydrogen (secondary N) is 2. The van der Waals surface area contributed by atoms with Crippen molar-refractivity contribution in [2.45, 2.75) is 26.2 Å². The van der Waals surface area contributed by atoms with E-state index in [4.69, 9.17) is 28.6 Å². The third-order valence-corrected chi connectivity index (χ3v) is 4.22. The fraction of sp³-hybridized carbons (Fsp3) is 0.250. The zero-order valence-electron chi connectivity index (χ0n) is 15.0. The summed E-state index contributed by atoms with van der Waals surface area (Å²) in [6, 6.07) is 14.1. The largest absolute Gasteiger partial charge is 0.462 e. The van der Waals surface area contributed by atoms with Gasteiger partial charge < -0.3 is 15.4 Å². The molecular weight excluding hydrogens is 384 g/mol. The lowest BCUT2D eigenvalue weighted by molar-refractivity contribution is -0.119. The van der Waals surface area contributed by atoms with E-state index in [0.29, 0.717) is 29.3 Å². The minimum atomic E-state index is -0.362. The van der Waals surface area contributed by atoms with Gasteiger partial charge in [0.25, 0.3) is 0 Å². The molecule has 0 unspecified atom stereocenters. The summed E-state index contributed by atoms with van der Waals surface area (Å²) >= 11 is 11.2. The first-order valence-corrected chi connectivity index (χ1v) is 9.39. The number of amides is 1. The molecule has 7 heteroatoms. The molecule has 2 rings (SSSR count). The molecule has 0 aromatic heterocycles. The van der Waals surface area contributed by atoms with E-state index in [0.717, 1.165) is 12.0 Å². The second-order valence-electron chi connectivity index (χ2n) is 5.81. The fourth-order valence-electron chi connectivity index (χ4n) is 2.27. The van der Waals surface area contributed by atoms with Crippen LogP contribution in [0.3, 0.4) is 0 Å². The zero-order valence-corrected chi connectivity index (χ0v) is 16.5. The van der Waals surface area contributed by atoms with Crippen molar-refractivity contribution in [3.8, 4) is 0 Å². The van der Waals surface area contributed by atoms with Crippen molar-refractivity contribution in [1.82, 2.24) is 5.32 Å². The van der Waals surface area contributed by atoms with Crippen molar-refractivity contribution in [2.75, 3.05) is 11.9 Å². The standard InChI is InChI=1S/C20H21ClN2O3S/c1-2-13-26-19(25)15-7-10-16(11-8-15)22-20(27)23-18(24)12-9-14-5-3-4-6-17(14)21/h3-8,10-11H,2,9,12-13H2,1H3,(H2,22,23,24,27). The topological polar surface area (TPSA) is 67.4 Å². The highest BCUT2D eigenvalue weighted by Crippen LogP contribution is 2.16. The molecule has 0 saturated carbocycles. The van der Waals surface area contributed by atoms with E-state index in [1.165, 1.54) is 0 Å². The lowest BCUT2D eigenvalue weighted by Gasteiger charge is -2.10. The number of aryl methyl sites for hydroxylation is 1. The molecule has 27 heavy (non-hydrogen) atoms. The molecule has 1 amide bonds. The normalized spacial score (nSPS) is 10.1. The zero-order chi connectivity index (χ0) is 19.6. The van der Waals surface area contributed by atoms with Gasteiger partial charge in [-0.3, -0.25) is 4.79 Å². The number of ether oxygens (including phenoxy) is 1. The molecule has 5 nitrogen and oxygen atoms in total. The van der Waals surface area contributed by atoms with Gasteiger partial charge in [-0.05, 0) is 61.0 Å². The molecule has 2 aromatic rings. The van der Waals surface area contributed by atoms with Crippen LogP contribution < -0.4 is 10.6 Å². The van der Waals surface area contributed by atoms with E-state index in [2.05, 4.69) is 10.6 Å². The average molecular weight is 405 g/mol. The van der Waals surface area contributed by atoms with Gasteiger partial charge in [-0.2, -0.15) is 0 Å². The number of hydrogen-bond acceptors (Lipinski definition) is 4. The predicted molar refractivity (Wildman–Crippen MR) is 111 cm³/mol. The van der Waals surface area contributed by atoms with Gasteiger partial charge in [-0.1, -0.05) is 36.7 Å².